The van der Waals surface area contributed by atoms with Crippen LogP contribution in [0.15, 0.2) is 12.5 Å². The van der Waals surface area contributed by atoms with Gasteiger partial charge in [-0.1, -0.05) is 27.7 Å². The first-order valence-corrected chi connectivity index (χ1v) is 10.4. The lowest BCUT2D eigenvalue weighted by Crippen LogP contribution is -2.59. The number of aromatic nitrogens is 2. The van der Waals surface area contributed by atoms with E-state index >= 15 is 0 Å². The molecule has 12 nitrogen and oxygen atoms in total. The van der Waals surface area contributed by atoms with E-state index in [9.17, 15) is 24.3 Å². The van der Waals surface area contributed by atoms with Crippen molar-refractivity contribution in [2.75, 3.05) is 6.61 Å². The molecule has 4 atom stereocenters. The molecule has 0 saturated carbocycles. The third-order valence-corrected chi connectivity index (χ3v) is 4.70. The number of carboxylic acid groups (broad SMARTS) is 1. The first-order chi connectivity index (χ1) is 15.0. The van der Waals surface area contributed by atoms with Gasteiger partial charge < -0.3 is 36.9 Å². The highest BCUT2D eigenvalue weighted by Crippen LogP contribution is 2.09. The van der Waals surface area contributed by atoms with Crippen molar-refractivity contribution < 1.29 is 29.4 Å². The highest BCUT2D eigenvalue weighted by molar-refractivity contribution is 5.94. The number of nitrogens with two attached hydrogens (primary N) is 1. The zero-order chi connectivity index (χ0) is 24.4. The number of aliphatic hydroxyl groups is 1. The Hall–Kier alpha value is -2.99. The molecule has 0 spiro atoms. The monoisotopic (exact) mass is 454 g/mol. The molecule has 0 aliphatic carbocycles. The summed E-state index contributed by atoms with van der Waals surface area (Å²) < 4.78 is 0. The van der Waals surface area contributed by atoms with Gasteiger partial charge in [0.15, 0.2) is 0 Å². The average Bonchev–Trinajstić information content (AvgIpc) is 3.22. The Balaban J connectivity index is 2.92. The number of carbonyl (C=O) groups is 4. The normalized spacial score (nSPS) is 15.0. The standard InChI is InChI=1S/C20H34N6O6/c1-10(2)5-14(24-17(28)13(21)8-27)18(29)26-16(11(3)4)19(30)25-15(20(31)32)6-12-7-22-9-23-12/h7,9-11,13-16,27H,5-6,8,21H2,1-4H3,(H,22,23)(H,24,28)(H,25,30)(H,26,29)(H,31,32)/t13-,14-,15-,16-/m0/s1. The molecular formula is C20H34N6O6. The Morgan fingerprint density at radius 1 is 1.03 bits per heavy atom. The molecule has 0 saturated heterocycles. The molecule has 8 N–H and O–H groups in total. The number of carboxylic acids is 1. The maximum absolute atomic E-state index is 12.9. The van der Waals surface area contributed by atoms with Gasteiger partial charge in [-0.15, -0.1) is 0 Å². The van der Waals surface area contributed by atoms with Crippen molar-refractivity contribution >= 4 is 23.7 Å². The minimum atomic E-state index is -1.24. The average molecular weight is 455 g/mol. The number of nitrogens with zero attached hydrogens (tertiary/aromatic N) is 1. The molecule has 1 aromatic heterocycles. The van der Waals surface area contributed by atoms with Crippen LogP contribution in [0.25, 0.3) is 0 Å². The van der Waals surface area contributed by atoms with Crippen molar-refractivity contribution in [1.82, 2.24) is 25.9 Å². The van der Waals surface area contributed by atoms with Gasteiger partial charge in [0.25, 0.3) is 0 Å². The van der Waals surface area contributed by atoms with Gasteiger partial charge in [-0.05, 0) is 18.3 Å². The fraction of sp³-hybridized carbons (Fsp3) is 0.650. The van der Waals surface area contributed by atoms with Gasteiger partial charge in [0, 0.05) is 12.6 Å². The minimum absolute atomic E-state index is 0.0333. The Kier molecular flexibility index (Phi) is 10.8. The number of H-pyrrole nitrogens is 1. The van der Waals surface area contributed by atoms with Crippen molar-refractivity contribution in [1.29, 1.82) is 0 Å². The molecule has 3 amide bonds. The van der Waals surface area contributed by atoms with Crippen LogP contribution in [-0.4, -0.2) is 74.6 Å². The van der Waals surface area contributed by atoms with Crippen molar-refractivity contribution in [2.45, 2.75) is 64.7 Å². The third-order valence-electron chi connectivity index (χ3n) is 4.70. The summed E-state index contributed by atoms with van der Waals surface area (Å²) >= 11 is 0. The Bertz CT molecular complexity index is 767. The molecule has 0 bridgehead atoms. The van der Waals surface area contributed by atoms with Crippen molar-refractivity contribution in [3.63, 3.8) is 0 Å². The smallest absolute Gasteiger partial charge is 0.326 e. The number of aromatic amines is 1. The molecule has 0 aliphatic heterocycles. The fourth-order valence-electron chi connectivity index (χ4n) is 2.93. The van der Waals surface area contributed by atoms with E-state index in [4.69, 9.17) is 10.8 Å². The number of imidazole rings is 1. The van der Waals surface area contributed by atoms with Crippen LogP contribution in [0.5, 0.6) is 0 Å². The number of nitrogens with one attached hydrogen (secondary N) is 4. The molecule has 1 rings (SSSR count). The van der Waals surface area contributed by atoms with Crippen molar-refractivity contribution in [3.8, 4) is 0 Å². The zero-order valence-electron chi connectivity index (χ0n) is 18.8. The molecule has 1 heterocycles. The largest absolute Gasteiger partial charge is 0.480 e. The molecule has 0 aromatic carbocycles. The second-order valence-electron chi connectivity index (χ2n) is 8.37. The number of amides is 3. The number of aliphatic hydroxyl groups excluding tert-OH is 1. The van der Waals surface area contributed by atoms with Crippen molar-refractivity contribution in [2.24, 2.45) is 17.6 Å². The number of rotatable bonds is 13. The first-order valence-electron chi connectivity index (χ1n) is 10.4. The van der Waals surface area contributed by atoms with Crippen LogP contribution in [0.1, 0.15) is 39.8 Å². The van der Waals surface area contributed by atoms with Gasteiger partial charge in [0.05, 0.1) is 18.6 Å². The lowest BCUT2D eigenvalue weighted by molar-refractivity contribution is -0.142. The number of aliphatic carboxylic acids is 1. The van der Waals surface area contributed by atoms with Gasteiger partial charge >= 0.3 is 5.97 Å². The Morgan fingerprint density at radius 3 is 2.12 bits per heavy atom. The summed E-state index contributed by atoms with van der Waals surface area (Å²) in [6.45, 7) is 6.54. The number of hydrogen-bond donors (Lipinski definition) is 7. The lowest BCUT2D eigenvalue weighted by Gasteiger charge is -2.27. The summed E-state index contributed by atoms with van der Waals surface area (Å²) in [5.74, 6) is -3.54. The van der Waals surface area contributed by atoms with Gasteiger partial charge in [-0.3, -0.25) is 14.4 Å². The lowest BCUT2D eigenvalue weighted by atomic mass is 9.99. The van der Waals surface area contributed by atoms with E-state index in [2.05, 4.69) is 25.9 Å². The maximum atomic E-state index is 12.9. The zero-order valence-corrected chi connectivity index (χ0v) is 18.8. The van der Waals surface area contributed by atoms with E-state index in [1.807, 2.05) is 13.8 Å². The summed E-state index contributed by atoms with van der Waals surface area (Å²) in [5.41, 5.74) is 5.97. The number of carbonyl (C=O) groups excluding carboxylic acids is 3. The van der Waals surface area contributed by atoms with Crippen LogP contribution in [0.3, 0.4) is 0 Å². The topological polar surface area (TPSA) is 200 Å². The van der Waals surface area contributed by atoms with Gasteiger partial charge in [0.2, 0.25) is 17.7 Å². The van der Waals surface area contributed by atoms with E-state index in [0.29, 0.717) is 5.69 Å². The molecule has 0 fully saturated rings. The van der Waals surface area contributed by atoms with E-state index in [-0.39, 0.29) is 24.7 Å². The van der Waals surface area contributed by atoms with E-state index < -0.39 is 54.5 Å². The summed E-state index contributed by atoms with van der Waals surface area (Å²) in [6, 6.07) is -4.44. The van der Waals surface area contributed by atoms with Crippen LogP contribution in [0.2, 0.25) is 0 Å². The minimum Gasteiger partial charge on any atom is -0.480 e. The molecule has 180 valence electrons. The van der Waals surface area contributed by atoms with Crippen LogP contribution in [0.4, 0.5) is 0 Å². The highest BCUT2D eigenvalue weighted by atomic mass is 16.4. The Labute approximate surface area is 186 Å². The predicted molar refractivity (Wildman–Crippen MR) is 115 cm³/mol. The van der Waals surface area contributed by atoms with Crippen LogP contribution < -0.4 is 21.7 Å². The second-order valence-corrected chi connectivity index (χ2v) is 8.37. The highest BCUT2D eigenvalue weighted by Gasteiger charge is 2.32. The second kappa shape index (κ2) is 12.8. The van der Waals surface area contributed by atoms with Gasteiger partial charge in [-0.25, -0.2) is 9.78 Å². The quantitative estimate of drug-likeness (QED) is 0.187. The van der Waals surface area contributed by atoms with E-state index in [0.717, 1.165) is 0 Å². The molecule has 1 aromatic rings. The summed E-state index contributed by atoms with van der Waals surface area (Å²) in [5, 5.41) is 26.1. The SMILES string of the molecule is CC(C)C[C@H](NC(=O)[C@@H](N)CO)C(=O)N[C@H](C(=O)N[C@@H](Cc1c[nH]cn1)C(=O)O)C(C)C. The molecular weight excluding hydrogens is 420 g/mol. The molecule has 0 unspecified atom stereocenters. The van der Waals surface area contributed by atoms with Crippen LogP contribution in [-0.2, 0) is 25.6 Å². The molecule has 32 heavy (non-hydrogen) atoms. The van der Waals surface area contributed by atoms with Gasteiger partial charge in [0.1, 0.15) is 24.2 Å². The summed E-state index contributed by atoms with van der Waals surface area (Å²) in [7, 11) is 0. The fourth-order valence-corrected chi connectivity index (χ4v) is 2.93. The maximum Gasteiger partial charge on any atom is 0.326 e. The van der Waals surface area contributed by atoms with Crippen molar-refractivity contribution in [3.05, 3.63) is 18.2 Å². The molecule has 0 aliphatic rings. The summed E-state index contributed by atoms with van der Waals surface area (Å²) in [4.78, 5) is 56.1. The first kappa shape index (κ1) is 27.0. The van der Waals surface area contributed by atoms with Crippen LogP contribution >= 0.6 is 0 Å². The molecule has 0 radical (unpaired) electrons. The third kappa shape index (κ3) is 8.63. The van der Waals surface area contributed by atoms with Gasteiger partial charge in [-0.2, -0.15) is 0 Å². The Morgan fingerprint density at radius 2 is 1.66 bits per heavy atom. The molecule has 12 heteroatoms. The van der Waals surface area contributed by atoms with E-state index in [1.54, 1.807) is 13.8 Å². The summed E-state index contributed by atoms with van der Waals surface area (Å²) in [6.07, 6.45) is 3.17. The number of hydrogen-bond acceptors (Lipinski definition) is 7. The van der Waals surface area contributed by atoms with Crippen LogP contribution in [0, 0.1) is 11.8 Å². The van der Waals surface area contributed by atoms with E-state index in [1.165, 1.54) is 12.5 Å². The predicted octanol–water partition coefficient (Wildman–Crippen LogP) is -1.49.